The number of aliphatic imine (C=N–C) groups is 1. The summed E-state index contributed by atoms with van der Waals surface area (Å²) in [5.41, 5.74) is 0. The van der Waals surface area contributed by atoms with E-state index in [-0.39, 0.29) is 24.0 Å². The van der Waals surface area contributed by atoms with E-state index < -0.39 is 0 Å². The normalized spacial score (nSPS) is 27.7. The number of likely N-dealkylation sites (tertiary alicyclic amines) is 1. The lowest BCUT2D eigenvalue weighted by molar-refractivity contribution is 0.0176. The first-order valence-electron chi connectivity index (χ1n) is 10.2. The second-order valence-corrected chi connectivity index (χ2v) is 8.80. The molecular formula is C20H33IN4OS. The van der Waals surface area contributed by atoms with Crippen molar-refractivity contribution in [3.8, 4) is 0 Å². The van der Waals surface area contributed by atoms with Gasteiger partial charge in [-0.1, -0.05) is 18.9 Å². The zero-order valence-corrected chi connectivity index (χ0v) is 19.5. The van der Waals surface area contributed by atoms with Gasteiger partial charge in [-0.2, -0.15) is 0 Å². The molecule has 27 heavy (non-hydrogen) atoms. The van der Waals surface area contributed by atoms with Crippen LogP contribution < -0.4 is 5.32 Å². The van der Waals surface area contributed by atoms with Crippen LogP contribution in [0.2, 0.25) is 0 Å². The number of fused-ring (bicyclic) bond motifs is 1. The molecule has 5 nitrogen and oxygen atoms in total. The largest absolute Gasteiger partial charge is 0.379 e. The zero-order valence-electron chi connectivity index (χ0n) is 16.3. The molecule has 2 saturated heterocycles. The third-order valence-corrected chi connectivity index (χ3v) is 7.27. The number of thiophene rings is 1. The van der Waals surface area contributed by atoms with Crippen LogP contribution in [0.5, 0.6) is 0 Å². The quantitative estimate of drug-likeness (QED) is 0.388. The van der Waals surface area contributed by atoms with Crippen molar-refractivity contribution in [1.82, 2.24) is 15.1 Å². The molecule has 1 aromatic rings. The molecule has 0 amide bonds. The Bertz CT molecular complexity index is 577. The maximum absolute atomic E-state index is 5.56. The summed E-state index contributed by atoms with van der Waals surface area (Å²) in [6.07, 6.45) is 5.64. The maximum Gasteiger partial charge on any atom is 0.193 e. The van der Waals surface area contributed by atoms with E-state index in [9.17, 15) is 0 Å². The highest BCUT2D eigenvalue weighted by Gasteiger charge is 2.35. The van der Waals surface area contributed by atoms with E-state index in [1.165, 1.54) is 43.6 Å². The first-order chi connectivity index (χ1) is 12.8. The monoisotopic (exact) mass is 504 g/mol. The Hall–Kier alpha value is -0.380. The van der Waals surface area contributed by atoms with Crippen molar-refractivity contribution in [1.29, 1.82) is 0 Å². The van der Waals surface area contributed by atoms with Gasteiger partial charge in [-0.25, -0.2) is 0 Å². The average molecular weight is 504 g/mol. The molecule has 152 valence electrons. The SMILES string of the molecule is CN=C(NCC(c1cccs1)N1CCOCC1)N1CC2CCCCC2C1.I. The fourth-order valence-electron chi connectivity index (χ4n) is 4.88. The molecular weight excluding hydrogens is 471 g/mol. The number of nitrogens with one attached hydrogen (secondary N) is 1. The molecule has 1 aromatic heterocycles. The van der Waals surface area contributed by atoms with Crippen molar-refractivity contribution in [2.45, 2.75) is 31.7 Å². The molecule has 3 atom stereocenters. The fourth-order valence-corrected chi connectivity index (χ4v) is 5.74. The summed E-state index contributed by atoms with van der Waals surface area (Å²) in [5, 5.41) is 5.89. The van der Waals surface area contributed by atoms with E-state index >= 15 is 0 Å². The summed E-state index contributed by atoms with van der Waals surface area (Å²) in [7, 11) is 1.93. The number of ether oxygens (including phenoxy) is 1. The Balaban J connectivity index is 0.00000210. The number of hydrogen-bond acceptors (Lipinski definition) is 4. The minimum absolute atomic E-state index is 0. The summed E-state index contributed by atoms with van der Waals surface area (Å²) in [4.78, 5) is 11.1. The zero-order chi connectivity index (χ0) is 17.8. The van der Waals surface area contributed by atoms with Gasteiger partial charge < -0.3 is 15.0 Å². The molecule has 0 radical (unpaired) electrons. The van der Waals surface area contributed by atoms with Gasteiger partial charge in [0.05, 0.1) is 19.3 Å². The van der Waals surface area contributed by atoms with Crippen LogP contribution in [-0.4, -0.2) is 68.7 Å². The van der Waals surface area contributed by atoms with E-state index in [1.807, 2.05) is 18.4 Å². The van der Waals surface area contributed by atoms with Gasteiger partial charge in [-0.3, -0.25) is 9.89 Å². The molecule has 3 aliphatic rings. The molecule has 0 aromatic carbocycles. The smallest absolute Gasteiger partial charge is 0.193 e. The molecule has 1 N–H and O–H groups in total. The molecule has 4 rings (SSSR count). The lowest BCUT2D eigenvalue weighted by Gasteiger charge is -2.35. The van der Waals surface area contributed by atoms with Crippen LogP contribution in [0, 0.1) is 11.8 Å². The second-order valence-electron chi connectivity index (χ2n) is 7.82. The van der Waals surface area contributed by atoms with Gasteiger partial charge in [0.25, 0.3) is 0 Å². The lowest BCUT2D eigenvalue weighted by atomic mass is 9.82. The summed E-state index contributed by atoms with van der Waals surface area (Å²) in [6, 6.07) is 4.83. The van der Waals surface area contributed by atoms with Crippen LogP contribution in [0.25, 0.3) is 0 Å². The Morgan fingerprint density at radius 3 is 2.56 bits per heavy atom. The van der Waals surface area contributed by atoms with Crippen molar-refractivity contribution in [2.75, 3.05) is 53.0 Å². The van der Waals surface area contributed by atoms with E-state index in [4.69, 9.17) is 4.74 Å². The maximum atomic E-state index is 5.56. The van der Waals surface area contributed by atoms with Crippen molar-refractivity contribution < 1.29 is 4.74 Å². The summed E-state index contributed by atoms with van der Waals surface area (Å²) in [6.45, 7) is 6.99. The molecule has 3 heterocycles. The number of rotatable bonds is 4. The van der Waals surface area contributed by atoms with Crippen LogP contribution >= 0.6 is 35.3 Å². The fraction of sp³-hybridized carbons (Fsp3) is 0.750. The van der Waals surface area contributed by atoms with E-state index in [0.717, 1.165) is 50.6 Å². The van der Waals surface area contributed by atoms with Crippen LogP contribution in [0.4, 0.5) is 0 Å². The van der Waals surface area contributed by atoms with Gasteiger partial charge in [0.2, 0.25) is 0 Å². The minimum atomic E-state index is 0. The standard InChI is InChI=1S/C20H32N4OS.HI/c1-21-20(24-14-16-5-2-3-6-17(16)15-24)22-13-18(19-7-4-12-26-19)23-8-10-25-11-9-23;/h4,7,12,16-18H,2-3,5-6,8-11,13-15H2,1H3,(H,21,22);1H. The Kier molecular flexibility index (Phi) is 8.23. The number of halogens is 1. The average Bonchev–Trinajstić information content (AvgIpc) is 3.35. The van der Waals surface area contributed by atoms with Crippen molar-refractivity contribution in [3.05, 3.63) is 22.4 Å². The first kappa shape index (κ1) is 21.3. The predicted octanol–water partition coefficient (Wildman–Crippen LogP) is 3.44. The van der Waals surface area contributed by atoms with Crippen LogP contribution in [-0.2, 0) is 4.74 Å². The lowest BCUT2D eigenvalue weighted by Crippen LogP contribution is -2.47. The molecule has 7 heteroatoms. The van der Waals surface area contributed by atoms with Gasteiger partial charge in [-0.05, 0) is 36.1 Å². The number of hydrogen-bond donors (Lipinski definition) is 1. The molecule has 3 unspecified atom stereocenters. The second kappa shape index (κ2) is 10.4. The van der Waals surface area contributed by atoms with E-state index in [2.05, 4.69) is 37.6 Å². The summed E-state index contributed by atoms with van der Waals surface area (Å²) < 4.78 is 5.56. The number of morpholine rings is 1. The molecule has 0 bridgehead atoms. The third-order valence-electron chi connectivity index (χ3n) is 6.30. The van der Waals surface area contributed by atoms with Gasteiger partial charge >= 0.3 is 0 Å². The number of guanidine groups is 1. The van der Waals surface area contributed by atoms with Crippen LogP contribution in [0.15, 0.2) is 22.5 Å². The van der Waals surface area contributed by atoms with Crippen molar-refractivity contribution >= 4 is 41.3 Å². The van der Waals surface area contributed by atoms with E-state index in [1.54, 1.807) is 0 Å². The Morgan fingerprint density at radius 2 is 1.96 bits per heavy atom. The van der Waals surface area contributed by atoms with E-state index in [0.29, 0.717) is 6.04 Å². The molecule has 0 spiro atoms. The molecule has 1 saturated carbocycles. The Labute approximate surface area is 184 Å². The Morgan fingerprint density at radius 1 is 1.26 bits per heavy atom. The molecule has 2 aliphatic heterocycles. The molecule has 1 aliphatic carbocycles. The first-order valence-corrected chi connectivity index (χ1v) is 11.0. The van der Waals surface area contributed by atoms with Gasteiger partial charge in [0.15, 0.2) is 5.96 Å². The third kappa shape index (κ3) is 5.16. The van der Waals surface area contributed by atoms with Gasteiger partial charge in [0, 0.05) is 44.6 Å². The number of nitrogens with zero attached hydrogens (tertiary/aromatic N) is 3. The minimum Gasteiger partial charge on any atom is -0.379 e. The highest BCUT2D eigenvalue weighted by Crippen LogP contribution is 2.36. The van der Waals surface area contributed by atoms with Crippen molar-refractivity contribution in [3.63, 3.8) is 0 Å². The van der Waals surface area contributed by atoms with Crippen molar-refractivity contribution in [2.24, 2.45) is 16.8 Å². The summed E-state index contributed by atoms with van der Waals surface area (Å²) in [5.74, 6) is 2.86. The highest BCUT2D eigenvalue weighted by atomic mass is 127. The van der Waals surface area contributed by atoms with Crippen LogP contribution in [0.1, 0.15) is 36.6 Å². The van der Waals surface area contributed by atoms with Crippen LogP contribution in [0.3, 0.4) is 0 Å². The van der Waals surface area contributed by atoms with Gasteiger partial charge in [0.1, 0.15) is 0 Å². The molecule has 3 fully saturated rings. The summed E-state index contributed by atoms with van der Waals surface area (Å²) >= 11 is 1.86. The predicted molar refractivity (Wildman–Crippen MR) is 123 cm³/mol. The topological polar surface area (TPSA) is 40.1 Å². The van der Waals surface area contributed by atoms with Gasteiger partial charge in [-0.15, -0.1) is 35.3 Å². The highest BCUT2D eigenvalue weighted by molar-refractivity contribution is 14.0.